The van der Waals surface area contributed by atoms with Crippen molar-refractivity contribution in [3.05, 3.63) is 59.7 Å². The number of rotatable bonds is 4. The van der Waals surface area contributed by atoms with E-state index in [0.717, 1.165) is 55.9 Å². The first kappa shape index (κ1) is 25.6. The molecule has 196 valence electrons. The number of nitrogens with one attached hydrogen (secondary N) is 2. The van der Waals surface area contributed by atoms with Gasteiger partial charge in [-0.3, -0.25) is 4.90 Å². The minimum atomic E-state index is -0.0832. The topological polar surface area (TPSA) is 77.1 Å². The van der Waals surface area contributed by atoms with Gasteiger partial charge >= 0.3 is 6.03 Å². The van der Waals surface area contributed by atoms with Crippen LogP contribution in [0.3, 0.4) is 0 Å². The van der Waals surface area contributed by atoms with Gasteiger partial charge in [0.15, 0.2) is 0 Å². The molecule has 3 aliphatic heterocycles. The fraction of sp³-hybridized carbons (Fsp3) is 0.500. The normalized spacial score (nSPS) is 25.9. The molecule has 3 N–H and O–H groups in total. The number of anilines is 1. The third-order valence-electron chi connectivity index (χ3n) is 8.00. The Morgan fingerprint density at radius 2 is 1.86 bits per heavy atom. The lowest BCUT2D eigenvalue weighted by Crippen LogP contribution is -2.68. The molecule has 3 heterocycles. The summed E-state index contributed by atoms with van der Waals surface area (Å²) in [6.07, 6.45) is 5.55. The van der Waals surface area contributed by atoms with Gasteiger partial charge in [-0.2, -0.15) is 0 Å². The van der Waals surface area contributed by atoms with Crippen molar-refractivity contribution in [2.75, 3.05) is 45.2 Å². The number of hydrogen-bond acceptors (Lipinski definition) is 5. The second-order valence-electron chi connectivity index (χ2n) is 10.3. The smallest absolute Gasteiger partial charge is 0.321 e. The lowest BCUT2D eigenvalue weighted by Gasteiger charge is -2.57. The van der Waals surface area contributed by atoms with E-state index >= 15 is 0 Å². The summed E-state index contributed by atoms with van der Waals surface area (Å²) < 4.78 is 5.22. The maximum absolute atomic E-state index is 13.2. The zero-order valence-electron chi connectivity index (χ0n) is 21.7. The van der Waals surface area contributed by atoms with Crippen LogP contribution in [0.1, 0.15) is 49.1 Å². The van der Waals surface area contributed by atoms with Gasteiger partial charge in [0, 0.05) is 42.3 Å². The van der Waals surface area contributed by atoms with E-state index in [1.165, 1.54) is 18.4 Å². The first-order chi connectivity index (χ1) is 18.2. The molecular formula is C30H38N4O3. The van der Waals surface area contributed by atoms with Crippen molar-refractivity contribution in [2.24, 2.45) is 0 Å². The van der Waals surface area contributed by atoms with Gasteiger partial charge in [-0.25, -0.2) is 4.79 Å². The molecule has 2 aromatic rings. The molecule has 7 nitrogen and oxygen atoms in total. The first-order valence-electron chi connectivity index (χ1n) is 13.6. The van der Waals surface area contributed by atoms with E-state index in [2.05, 4.69) is 51.6 Å². The fourth-order valence-corrected chi connectivity index (χ4v) is 5.94. The zero-order chi connectivity index (χ0) is 25.6. The number of ether oxygens (including phenoxy) is 1. The van der Waals surface area contributed by atoms with E-state index in [9.17, 15) is 9.90 Å². The first-order valence-corrected chi connectivity index (χ1v) is 13.6. The number of urea groups is 1. The number of fused-ring (bicyclic) bond motifs is 1. The minimum absolute atomic E-state index is 0.0815. The van der Waals surface area contributed by atoms with Crippen molar-refractivity contribution in [3.8, 4) is 17.6 Å². The van der Waals surface area contributed by atoms with Crippen LogP contribution in [0.2, 0.25) is 0 Å². The molecule has 1 unspecified atom stereocenters. The lowest BCUT2D eigenvalue weighted by atomic mass is 9.74. The second kappa shape index (κ2) is 12.0. The average molecular weight is 503 g/mol. The van der Waals surface area contributed by atoms with Crippen molar-refractivity contribution in [1.82, 2.24) is 15.1 Å². The summed E-state index contributed by atoms with van der Waals surface area (Å²) in [4.78, 5) is 17.5. The Bertz CT molecular complexity index is 1100. The summed E-state index contributed by atoms with van der Waals surface area (Å²) in [5.41, 5.74) is 2.98. The van der Waals surface area contributed by atoms with Crippen molar-refractivity contribution in [1.29, 1.82) is 0 Å². The third-order valence-corrected chi connectivity index (χ3v) is 8.00. The van der Waals surface area contributed by atoms with Crippen molar-refractivity contribution in [3.63, 3.8) is 0 Å². The predicted octanol–water partition coefficient (Wildman–Crippen LogP) is 3.65. The summed E-state index contributed by atoms with van der Waals surface area (Å²) in [6, 6.07) is 16.4. The molecule has 3 aliphatic rings. The molecular weight excluding hydrogens is 464 g/mol. The molecule has 0 bridgehead atoms. The Morgan fingerprint density at radius 3 is 2.57 bits per heavy atom. The number of carbonyl (C=O) groups excluding carboxylic acids is 1. The summed E-state index contributed by atoms with van der Waals surface area (Å²) >= 11 is 0. The summed E-state index contributed by atoms with van der Waals surface area (Å²) in [5.74, 6) is 7.64. The number of hydrogen-bond donors (Lipinski definition) is 3. The van der Waals surface area contributed by atoms with Crippen LogP contribution in [-0.2, 0) is 0 Å². The Hall–Kier alpha value is -3.05. The van der Waals surface area contributed by atoms with Crippen LogP contribution < -0.4 is 15.4 Å². The molecule has 4 atom stereocenters. The summed E-state index contributed by atoms with van der Waals surface area (Å²) in [7, 11) is 1.63. The van der Waals surface area contributed by atoms with Crippen LogP contribution in [0.4, 0.5) is 10.5 Å². The zero-order valence-corrected chi connectivity index (χ0v) is 21.7. The predicted molar refractivity (Wildman–Crippen MR) is 146 cm³/mol. The summed E-state index contributed by atoms with van der Waals surface area (Å²) in [6.45, 7) is 3.49. The van der Waals surface area contributed by atoms with E-state index in [0.29, 0.717) is 6.54 Å². The highest BCUT2D eigenvalue weighted by atomic mass is 16.5. The monoisotopic (exact) mass is 502 g/mol. The van der Waals surface area contributed by atoms with Gasteiger partial charge in [-0.05, 0) is 87.2 Å². The van der Waals surface area contributed by atoms with Crippen molar-refractivity contribution in [2.45, 2.75) is 56.1 Å². The van der Waals surface area contributed by atoms with Gasteiger partial charge < -0.3 is 25.4 Å². The van der Waals surface area contributed by atoms with Crippen LogP contribution in [-0.4, -0.2) is 79.0 Å². The van der Waals surface area contributed by atoms with Gasteiger partial charge in [0.2, 0.25) is 0 Å². The van der Waals surface area contributed by atoms with E-state index in [1.54, 1.807) is 7.11 Å². The lowest BCUT2D eigenvalue weighted by molar-refractivity contribution is -0.0585. The highest BCUT2D eigenvalue weighted by molar-refractivity contribution is 5.89. The molecule has 3 fully saturated rings. The average Bonchev–Trinajstić information content (AvgIpc) is 2.92. The van der Waals surface area contributed by atoms with Crippen molar-refractivity contribution < 1.29 is 14.6 Å². The Kier molecular flexibility index (Phi) is 8.30. The SMILES string of the molecule is COc1ccc(NC(=O)N2CCCCN3[C@@H](CO)[C@H](c4ccc(C#CC5CCCCN5)cc4)[C@@H]3C2)cc1. The van der Waals surface area contributed by atoms with Crippen LogP contribution >= 0.6 is 0 Å². The van der Waals surface area contributed by atoms with E-state index in [1.807, 2.05) is 29.2 Å². The molecule has 0 saturated carbocycles. The van der Waals surface area contributed by atoms with E-state index in [4.69, 9.17) is 4.74 Å². The maximum atomic E-state index is 13.2. The highest BCUT2D eigenvalue weighted by Crippen LogP contribution is 2.42. The van der Waals surface area contributed by atoms with Gasteiger partial charge in [0.25, 0.3) is 0 Å². The Balaban J connectivity index is 1.27. The number of benzene rings is 2. The maximum Gasteiger partial charge on any atom is 0.321 e. The standard InChI is InChI=1S/C30H38N4O3/c1-37-26-15-13-25(14-16-26)32-30(36)33-18-4-5-19-34-27(20-33)29(28(34)21-35)23-10-7-22(8-11-23)9-12-24-6-2-3-17-31-24/h7-8,10-11,13-16,24,27-29,31,35H,2-6,17-21H2,1H3,(H,32,36)/t24?,27-,28-,29+/m0/s1. The summed E-state index contributed by atoms with van der Waals surface area (Å²) in [5, 5.41) is 16.8. The third kappa shape index (κ3) is 5.93. The van der Waals surface area contributed by atoms with Gasteiger partial charge in [-0.15, -0.1) is 0 Å². The number of aliphatic hydroxyl groups excluding tert-OH is 1. The quantitative estimate of drug-likeness (QED) is 0.557. The Labute approximate surface area is 220 Å². The molecule has 2 aromatic carbocycles. The van der Waals surface area contributed by atoms with Crippen LogP contribution in [0.5, 0.6) is 5.75 Å². The molecule has 0 aromatic heterocycles. The van der Waals surface area contributed by atoms with Gasteiger partial charge in [-0.1, -0.05) is 24.0 Å². The van der Waals surface area contributed by atoms with Crippen LogP contribution in [0.15, 0.2) is 48.5 Å². The van der Waals surface area contributed by atoms with Gasteiger partial charge in [0.05, 0.1) is 19.8 Å². The number of nitrogens with zero attached hydrogens (tertiary/aromatic N) is 2. The molecule has 0 spiro atoms. The van der Waals surface area contributed by atoms with Gasteiger partial charge in [0.1, 0.15) is 5.75 Å². The Morgan fingerprint density at radius 1 is 1.08 bits per heavy atom. The molecule has 3 saturated heterocycles. The number of aliphatic hydroxyl groups is 1. The van der Waals surface area contributed by atoms with E-state index < -0.39 is 0 Å². The molecule has 7 heteroatoms. The molecule has 5 rings (SSSR count). The highest BCUT2D eigenvalue weighted by Gasteiger charge is 2.49. The molecule has 2 amide bonds. The number of methoxy groups -OCH3 is 1. The van der Waals surface area contributed by atoms with Crippen LogP contribution in [0, 0.1) is 11.8 Å². The number of carbonyl (C=O) groups is 1. The fourth-order valence-electron chi connectivity index (χ4n) is 5.94. The van der Waals surface area contributed by atoms with Crippen LogP contribution in [0.25, 0.3) is 0 Å². The molecule has 37 heavy (non-hydrogen) atoms. The van der Waals surface area contributed by atoms with E-state index in [-0.39, 0.29) is 36.7 Å². The largest absolute Gasteiger partial charge is 0.497 e. The molecule has 0 radical (unpaired) electrons. The molecule has 0 aliphatic carbocycles. The second-order valence-corrected chi connectivity index (χ2v) is 10.3. The number of piperidine rings is 1. The van der Waals surface area contributed by atoms with Crippen molar-refractivity contribution >= 4 is 11.7 Å². The number of amides is 2. The minimum Gasteiger partial charge on any atom is -0.497 e.